The number of hydrogen-bond acceptors (Lipinski definition) is 4. The molecule has 0 bridgehead atoms. The number of thioether (sulfide) groups is 1. The molecular weight excluding hydrogens is 230 g/mol. The van der Waals surface area contributed by atoms with E-state index in [1.165, 1.54) is 0 Å². The monoisotopic (exact) mass is 253 g/mol. The van der Waals surface area contributed by atoms with Crippen molar-refractivity contribution in [2.75, 3.05) is 0 Å². The van der Waals surface area contributed by atoms with Gasteiger partial charge in [-0.15, -0.1) is 0 Å². The van der Waals surface area contributed by atoms with E-state index in [1.54, 1.807) is 0 Å². The molecule has 0 aromatic carbocycles. The fourth-order valence-corrected chi connectivity index (χ4v) is 1.93. The van der Waals surface area contributed by atoms with E-state index in [1.807, 2.05) is 18.0 Å². The Morgan fingerprint density at radius 1 is 1.29 bits per heavy atom. The minimum Gasteiger partial charge on any atom is -0.309 e. The maximum atomic E-state index is 4.62. The van der Waals surface area contributed by atoms with Gasteiger partial charge in [0.05, 0.1) is 11.4 Å². The minimum atomic E-state index is 0.484. The van der Waals surface area contributed by atoms with Crippen molar-refractivity contribution < 1.29 is 0 Å². The standard InChI is InChI=1S/C13H23N3S/c1-9(2)14-7-12-11(5)6-15-13(16-12)8-17-10(3)4/h6,9-10,14H,7-8H2,1-5H3. The molecule has 17 heavy (non-hydrogen) atoms. The molecule has 0 aliphatic carbocycles. The van der Waals surface area contributed by atoms with Crippen molar-refractivity contribution in [2.45, 2.75) is 58.2 Å². The Morgan fingerprint density at radius 3 is 2.59 bits per heavy atom. The lowest BCUT2D eigenvalue weighted by atomic mass is 10.2. The third-order valence-electron chi connectivity index (χ3n) is 2.35. The van der Waals surface area contributed by atoms with Crippen molar-refractivity contribution in [3.05, 3.63) is 23.3 Å². The molecule has 0 spiro atoms. The molecule has 96 valence electrons. The van der Waals surface area contributed by atoms with Gasteiger partial charge in [0.15, 0.2) is 0 Å². The van der Waals surface area contributed by atoms with Crippen LogP contribution >= 0.6 is 11.8 Å². The van der Waals surface area contributed by atoms with Gasteiger partial charge in [-0.1, -0.05) is 27.7 Å². The van der Waals surface area contributed by atoms with Crippen LogP contribution < -0.4 is 5.32 Å². The Labute approximate surface area is 109 Å². The summed E-state index contributed by atoms with van der Waals surface area (Å²) < 4.78 is 0. The second kappa shape index (κ2) is 6.97. The van der Waals surface area contributed by atoms with Crippen LogP contribution in [0.25, 0.3) is 0 Å². The molecule has 1 aromatic rings. The van der Waals surface area contributed by atoms with Crippen LogP contribution in [0.3, 0.4) is 0 Å². The lowest BCUT2D eigenvalue weighted by molar-refractivity contribution is 0.577. The summed E-state index contributed by atoms with van der Waals surface area (Å²) >= 11 is 1.88. The van der Waals surface area contributed by atoms with Crippen LogP contribution in [0.1, 0.15) is 44.8 Å². The average molecular weight is 253 g/mol. The average Bonchev–Trinajstić information content (AvgIpc) is 2.26. The Bertz CT molecular complexity index is 351. The van der Waals surface area contributed by atoms with Gasteiger partial charge in [0.1, 0.15) is 5.82 Å². The van der Waals surface area contributed by atoms with E-state index >= 15 is 0 Å². The first-order chi connectivity index (χ1) is 7.99. The normalized spacial score (nSPS) is 11.5. The summed E-state index contributed by atoms with van der Waals surface area (Å²) in [5, 5.41) is 4.02. The van der Waals surface area contributed by atoms with Crippen LogP contribution in [-0.2, 0) is 12.3 Å². The maximum absolute atomic E-state index is 4.62. The molecular formula is C13H23N3S. The van der Waals surface area contributed by atoms with Crippen molar-refractivity contribution in [2.24, 2.45) is 0 Å². The van der Waals surface area contributed by atoms with Gasteiger partial charge in [-0.3, -0.25) is 0 Å². The zero-order valence-corrected chi connectivity index (χ0v) is 12.3. The molecule has 1 aromatic heterocycles. The van der Waals surface area contributed by atoms with Crippen molar-refractivity contribution in [1.29, 1.82) is 0 Å². The molecule has 0 aliphatic heterocycles. The van der Waals surface area contributed by atoms with Gasteiger partial charge in [-0.2, -0.15) is 11.8 Å². The number of hydrogen-bond donors (Lipinski definition) is 1. The van der Waals surface area contributed by atoms with Crippen LogP contribution in [0.4, 0.5) is 0 Å². The smallest absolute Gasteiger partial charge is 0.138 e. The van der Waals surface area contributed by atoms with Crippen LogP contribution in [0.2, 0.25) is 0 Å². The fourth-order valence-electron chi connectivity index (χ4n) is 1.31. The quantitative estimate of drug-likeness (QED) is 0.846. The molecule has 4 heteroatoms. The van der Waals surface area contributed by atoms with Crippen molar-refractivity contribution in [3.63, 3.8) is 0 Å². The molecule has 0 amide bonds. The number of aryl methyl sites for hydroxylation is 1. The first kappa shape index (κ1) is 14.5. The Kier molecular flexibility index (Phi) is 5.92. The predicted octanol–water partition coefficient (Wildman–Crippen LogP) is 2.92. The first-order valence-corrected chi connectivity index (χ1v) is 7.20. The van der Waals surface area contributed by atoms with E-state index < -0.39 is 0 Å². The van der Waals surface area contributed by atoms with E-state index in [-0.39, 0.29) is 0 Å². The summed E-state index contributed by atoms with van der Waals surface area (Å²) in [5.74, 6) is 1.84. The largest absolute Gasteiger partial charge is 0.309 e. The van der Waals surface area contributed by atoms with Crippen LogP contribution in [0.5, 0.6) is 0 Å². The number of rotatable bonds is 6. The van der Waals surface area contributed by atoms with Crippen molar-refractivity contribution in [3.8, 4) is 0 Å². The molecule has 0 aliphatic rings. The number of nitrogens with one attached hydrogen (secondary N) is 1. The van der Waals surface area contributed by atoms with Crippen LogP contribution in [0, 0.1) is 6.92 Å². The molecule has 1 rings (SSSR count). The predicted molar refractivity (Wildman–Crippen MR) is 75.2 cm³/mol. The molecule has 0 atom stereocenters. The molecule has 0 unspecified atom stereocenters. The lowest BCUT2D eigenvalue weighted by Gasteiger charge is -2.11. The summed E-state index contributed by atoms with van der Waals surface area (Å²) in [6.45, 7) is 11.6. The zero-order chi connectivity index (χ0) is 12.8. The number of nitrogens with zero attached hydrogens (tertiary/aromatic N) is 2. The van der Waals surface area contributed by atoms with Gasteiger partial charge in [0.25, 0.3) is 0 Å². The molecule has 3 nitrogen and oxygen atoms in total. The van der Waals surface area contributed by atoms with Gasteiger partial charge < -0.3 is 5.32 Å². The van der Waals surface area contributed by atoms with Crippen LogP contribution in [0.15, 0.2) is 6.20 Å². The first-order valence-electron chi connectivity index (χ1n) is 6.15. The highest BCUT2D eigenvalue weighted by molar-refractivity contribution is 7.99. The third-order valence-corrected chi connectivity index (χ3v) is 3.44. The van der Waals surface area contributed by atoms with Gasteiger partial charge in [0, 0.05) is 18.8 Å². The Balaban J connectivity index is 2.65. The van der Waals surface area contributed by atoms with Gasteiger partial charge in [0.2, 0.25) is 0 Å². The molecule has 1 N–H and O–H groups in total. The van der Waals surface area contributed by atoms with E-state index in [0.29, 0.717) is 11.3 Å². The second-order valence-electron chi connectivity index (χ2n) is 4.81. The second-order valence-corrected chi connectivity index (χ2v) is 6.38. The molecule has 0 saturated carbocycles. The number of aromatic nitrogens is 2. The summed E-state index contributed by atoms with van der Waals surface area (Å²) in [4.78, 5) is 9.00. The molecule has 1 heterocycles. The van der Waals surface area contributed by atoms with E-state index in [9.17, 15) is 0 Å². The summed E-state index contributed by atoms with van der Waals surface area (Å²) in [6.07, 6.45) is 1.93. The lowest BCUT2D eigenvalue weighted by Crippen LogP contribution is -2.23. The van der Waals surface area contributed by atoms with Gasteiger partial charge >= 0.3 is 0 Å². The summed E-state index contributed by atoms with van der Waals surface area (Å²) in [7, 11) is 0. The van der Waals surface area contributed by atoms with Crippen molar-refractivity contribution in [1.82, 2.24) is 15.3 Å². The zero-order valence-electron chi connectivity index (χ0n) is 11.4. The Morgan fingerprint density at radius 2 is 2.00 bits per heavy atom. The van der Waals surface area contributed by atoms with E-state index in [2.05, 4.69) is 49.9 Å². The minimum absolute atomic E-state index is 0.484. The topological polar surface area (TPSA) is 37.8 Å². The Hall–Kier alpha value is -0.610. The van der Waals surface area contributed by atoms with Crippen molar-refractivity contribution >= 4 is 11.8 Å². The summed E-state index contributed by atoms with van der Waals surface area (Å²) in [5.41, 5.74) is 2.28. The SMILES string of the molecule is Cc1cnc(CSC(C)C)nc1CNC(C)C. The molecule has 0 saturated heterocycles. The highest BCUT2D eigenvalue weighted by Crippen LogP contribution is 2.15. The maximum Gasteiger partial charge on any atom is 0.138 e. The highest BCUT2D eigenvalue weighted by atomic mass is 32.2. The van der Waals surface area contributed by atoms with Crippen LogP contribution in [-0.4, -0.2) is 21.3 Å². The summed E-state index contributed by atoms with van der Waals surface area (Å²) in [6, 6.07) is 0.484. The van der Waals surface area contributed by atoms with E-state index in [0.717, 1.165) is 29.4 Å². The van der Waals surface area contributed by atoms with Gasteiger partial charge in [-0.25, -0.2) is 9.97 Å². The van der Waals surface area contributed by atoms with E-state index in [4.69, 9.17) is 0 Å². The highest BCUT2D eigenvalue weighted by Gasteiger charge is 2.05. The molecule has 0 fully saturated rings. The fraction of sp³-hybridized carbons (Fsp3) is 0.692. The van der Waals surface area contributed by atoms with Gasteiger partial charge in [-0.05, 0) is 17.7 Å². The third kappa shape index (κ3) is 5.50. The molecule has 0 radical (unpaired) electrons.